The smallest absolute Gasteiger partial charge is 0.312 e. The van der Waals surface area contributed by atoms with E-state index in [0.29, 0.717) is 19.6 Å². The van der Waals surface area contributed by atoms with Gasteiger partial charge in [-0.05, 0) is 62.2 Å². The summed E-state index contributed by atoms with van der Waals surface area (Å²) in [6, 6.07) is 0. The SMILES string of the molecule is CCCCCOC(=O)C12CC3(C)CC(C)(C1)CC(C(=O)OCCCCC)(C3)C2. The number of carbonyl (C=O) groups excluding carboxylic acids is 2. The van der Waals surface area contributed by atoms with Crippen molar-refractivity contribution in [2.24, 2.45) is 21.7 Å². The van der Waals surface area contributed by atoms with Crippen LogP contribution in [-0.4, -0.2) is 25.2 Å². The quantitative estimate of drug-likeness (QED) is 0.347. The van der Waals surface area contributed by atoms with Crippen LogP contribution in [0.15, 0.2) is 0 Å². The fourth-order valence-electron chi connectivity index (χ4n) is 7.47. The maximum Gasteiger partial charge on any atom is 0.312 e. The summed E-state index contributed by atoms with van der Waals surface area (Å²) >= 11 is 0. The first-order valence-corrected chi connectivity index (χ1v) is 11.6. The molecule has 4 saturated carbocycles. The van der Waals surface area contributed by atoms with Crippen LogP contribution >= 0.6 is 0 Å². The van der Waals surface area contributed by atoms with Crippen molar-refractivity contribution in [3.63, 3.8) is 0 Å². The van der Waals surface area contributed by atoms with E-state index in [9.17, 15) is 9.59 Å². The fourth-order valence-corrected chi connectivity index (χ4v) is 7.47. The van der Waals surface area contributed by atoms with Gasteiger partial charge in [-0.2, -0.15) is 0 Å². The van der Waals surface area contributed by atoms with E-state index in [2.05, 4.69) is 27.7 Å². The highest BCUT2D eigenvalue weighted by Gasteiger charge is 2.70. The van der Waals surface area contributed by atoms with Gasteiger partial charge >= 0.3 is 11.9 Å². The van der Waals surface area contributed by atoms with Crippen LogP contribution in [0, 0.1) is 21.7 Å². The molecule has 0 atom stereocenters. The van der Waals surface area contributed by atoms with E-state index < -0.39 is 10.8 Å². The molecule has 0 amide bonds. The predicted octanol–water partition coefficient (Wildman–Crippen LogP) is 5.82. The Morgan fingerprint density at radius 2 is 1.04 bits per heavy atom. The van der Waals surface area contributed by atoms with E-state index in [1.54, 1.807) is 0 Å². The van der Waals surface area contributed by atoms with Crippen LogP contribution in [0.1, 0.15) is 105 Å². The van der Waals surface area contributed by atoms with Gasteiger partial charge in [-0.15, -0.1) is 0 Å². The van der Waals surface area contributed by atoms with Crippen molar-refractivity contribution in [3.8, 4) is 0 Å². The molecule has 0 saturated heterocycles. The van der Waals surface area contributed by atoms with Gasteiger partial charge in [0, 0.05) is 0 Å². The van der Waals surface area contributed by atoms with Crippen molar-refractivity contribution in [1.29, 1.82) is 0 Å². The van der Waals surface area contributed by atoms with Gasteiger partial charge in [0.05, 0.1) is 24.0 Å². The van der Waals surface area contributed by atoms with Gasteiger partial charge in [-0.25, -0.2) is 0 Å². The summed E-state index contributed by atoms with van der Waals surface area (Å²) in [6.45, 7) is 9.88. The molecular weight excluding hydrogens is 352 g/mol. The van der Waals surface area contributed by atoms with Gasteiger partial charge in [-0.3, -0.25) is 9.59 Å². The second-order valence-electron chi connectivity index (χ2n) is 10.9. The van der Waals surface area contributed by atoms with E-state index in [1.165, 1.54) is 0 Å². The van der Waals surface area contributed by atoms with Gasteiger partial charge in [0.25, 0.3) is 0 Å². The highest BCUT2D eigenvalue weighted by atomic mass is 16.5. The average molecular weight is 393 g/mol. The molecule has 28 heavy (non-hydrogen) atoms. The molecule has 4 bridgehead atoms. The van der Waals surface area contributed by atoms with Crippen molar-refractivity contribution in [2.45, 2.75) is 105 Å². The normalized spacial score (nSPS) is 38.4. The standard InChI is InChI=1S/C24H40O4/c1-5-7-9-11-27-19(25)23-14-21(3)13-22(4,15-23)17-24(16-21,18-23)20(26)28-12-10-8-6-2/h5-18H2,1-4H3. The van der Waals surface area contributed by atoms with Crippen molar-refractivity contribution in [3.05, 3.63) is 0 Å². The van der Waals surface area contributed by atoms with Crippen LogP contribution in [0.4, 0.5) is 0 Å². The van der Waals surface area contributed by atoms with Crippen LogP contribution in [-0.2, 0) is 19.1 Å². The highest BCUT2D eigenvalue weighted by molar-refractivity contribution is 5.83. The topological polar surface area (TPSA) is 52.6 Å². The zero-order valence-corrected chi connectivity index (χ0v) is 18.5. The summed E-state index contributed by atoms with van der Waals surface area (Å²) in [5.74, 6) is -0.105. The second kappa shape index (κ2) is 7.99. The lowest BCUT2D eigenvalue weighted by atomic mass is 9.36. The minimum atomic E-state index is -0.493. The van der Waals surface area contributed by atoms with E-state index in [1.807, 2.05) is 0 Å². The Balaban J connectivity index is 1.76. The lowest BCUT2D eigenvalue weighted by molar-refractivity contribution is -0.221. The van der Waals surface area contributed by atoms with Gasteiger partial charge in [-0.1, -0.05) is 53.4 Å². The number of carbonyl (C=O) groups is 2. The number of hydrogen-bond acceptors (Lipinski definition) is 4. The third-order valence-corrected chi connectivity index (χ3v) is 7.42. The number of esters is 2. The van der Waals surface area contributed by atoms with Gasteiger partial charge in [0.2, 0.25) is 0 Å². The Labute approximate surface area is 171 Å². The summed E-state index contributed by atoms with van der Waals surface area (Å²) in [5.41, 5.74) is -0.914. The molecule has 4 aliphatic carbocycles. The van der Waals surface area contributed by atoms with E-state index in [4.69, 9.17) is 9.47 Å². The number of unbranched alkanes of at least 4 members (excludes halogenated alkanes) is 4. The molecule has 4 aliphatic rings. The van der Waals surface area contributed by atoms with E-state index in [0.717, 1.165) is 70.6 Å². The van der Waals surface area contributed by atoms with Crippen molar-refractivity contribution in [1.82, 2.24) is 0 Å². The summed E-state index contributed by atoms with van der Waals surface area (Å²) in [6.07, 6.45) is 11.5. The molecule has 4 heteroatoms. The van der Waals surface area contributed by atoms with Crippen LogP contribution in [0.5, 0.6) is 0 Å². The molecule has 0 heterocycles. The minimum absolute atomic E-state index is 0.0361. The summed E-state index contributed by atoms with van der Waals surface area (Å²) in [4.78, 5) is 26.5. The van der Waals surface area contributed by atoms with Gasteiger partial charge in [0.1, 0.15) is 0 Å². The molecule has 0 aromatic heterocycles. The Morgan fingerprint density at radius 3 is 1.39 bits per heavy atom. The van der Waals surface area contributed by atoms with Crippen molar-refractivity contribution < 1.29 is 19.1 Å². The largest absolute Gasteiger partial charge is 0.465 e. The molecule has 0 radical (unpaired) electrons. The average Bonchev–Trinajstić information content (AvgIpc) is 2.59. The molecule has 0 N–H and O–H groups in total. The Hall–Kier alpha value is -1.06. The third kappa shape index (κ3) is 4.11. The maximum absolute atomic E-state index is 13.2. The minimum Gasteiger partial charge on any atom is -0.465 e. The number of ether oxygens (including phenoxy) is 2. The number of rotatable bonds is 10. The lowest BCUT2D eigenvalue weighted by Crippen LogP contribution is -2.64. The van der Waals surface area contributed by atoms with Crippen LogP contribution < -0.4 is 0 Å². The first-order chi connectivity index (χ1) is 13.2. The third-order valence-electron chi connectivity index (χ3n) is 7.42. The Kier molecular flexibility index (Phi) is 6.18. The highest BCUT2D eigenvalue weighted by Crippen LogP contribution is 2.74. The number of hydrogen-bond donors (Lipinski definition) is 0. The predicted molar refractivity (Wildman–Crippen MR) is 110 cm³/mol. The van der Waals surface area contributed by atoms with Gasteiger partial charge < -0.3 is 9.47 Å². The van der Waals surface area contributed by atoms with Crippen molar-refractivity contribution in [2.75, 3.05) is 13.2 Å². The fraction of sp³-hybridized carbons (Fsp3) is 0.917. The first-order valence-electron chi connectivity index (χ1n) is 11.6. The molecule has 0 spiro atoms. The Morgan fingerprint density at radius 1 is 0.643 bits per heavy atom. The zero-order chi connectivity index (χ0) is 20.5. The van der Waals surface area contributed by atoms with Gasteiger partial charge in [0.15, 0.2) is 0 Å². The van der Waals surface area contributed by atoms with Crippen molar-refractivity contribution >= 4 is 11.9 Å². The van der Waals surface area contributed by atoms with E-state index >= 15 is 0 Å². The maximum atomic E-state index is 13.2. The molecule has 0 aromatic carbocycles. The van der Waals surface area contributed by atoms with Crippen LogP contribution in [0.25, 0.3) is 0 Å². The van der Waals surface area contributed by atoms with Crippen LogP contribution in [0.2, 0.25) is 0 Å². The molecule has 4 nitrogen and oxygen atoms in total. The summed E-state index contributed by atoms with van der Waals surface area (Å²) in [5, 5.41) is 0. The molecule has 160 valence electrons. The molecule has 0 aromatic rings. The molecule has 4 fully saturated rings. The molecule has 4 rings (SSSR count). The monoisotopic (exact) mass is 392 g/mol. The first kappa shape index (κ1) is 21.6. The summed E-state index contributed by atoms with van der Waals surface area (Å²) < 4.78 is 11.5. The Bertz CT molecular complexity index is 531. The lowest BCUT2D eigenvalue weighted by Gasteiger charge is -2.67. The van der Waals surface area contributed by atoms with E-state index in [-0.39, 0.29) is 22.8 Å². The molecule has 0 aliphatic heterocycles. The molecule has 0 unspecified atom stereocenters. The second-order valence-corrected chi connectivity index (χ2v) is 10.9. The molecular formula is C24H40O4. The summed E-state index contributed by atoms with van der Waals surface area (Å²) in [7, 11) is 0. The zero-order valence-electron chi connectivity index (χ0n) is 18.5. The van der Waals surface area contributed by atoms with Crippen LogP contribution in [0.3, 0.4) is 0 Å².